The van der Waals surface area contributed by atoms with Crippen LogP contribution in [-0.4, -0.2) is 15.0 Å². The van der Waals surface area contributed by atoms with Gasteiger partial charge in [-0.15, -0.1) is 0 Å². The second kappa shape index (κ2) is 3.45. The van der Waals surface area contributed by atoms with Crippen LogP contribution in [0.4, 0.5) is 0 Å². The SMILES string of the molecule is CC(C)(C(=O)O)n1sc2ccccc2c1=O. The van der Waals surface area contributed by atoms with Gasteiger partial charge in [0.1, 0.15) is 5.54 Å². The largest absolute Gasteiger partial charge is 0.479 e. The van der Waals surface area contributed by atoms with Crippen LogP contribution in [0.15, 0.2) is 29.1 Å². The normalized spacial score (nSPS) is 11.9. The maximum Gasteiger partial charge on any atom is 0.330 e. The molecule has 2 rings (SSSR count). The zero-order valence-corrected chi connectivity index (χ0v) is 9.75. The van der Waals surface area contributed by atoms with E-state index in [-0.39, 0.29) is 5.56 Å². The summed E-state index contributed by atoms with van der Waals surface area (Å²) < 4.78 is 2.11. The molecule has 4 nitrogen and oxygen atoms in total. The molecule has 84 valence electrons. The molecule has 0 radical (unpaired) electrons. The van der Waals surface area contributed by atoms with Gasteiger partial charge in [0.2, 0.25) is 0 Å². The molecule has 0 saturated heterocycles. The zero-order valence-electron chi connectivity index (χ0n) is 8.93. The van der Waals surface area contributed by atoms with E-state index in [0.29, 0.717) is 5.39 Å². The molecule has 0 aliphatic carbocycles. The minimum atomic E-state index is -1.21. The van der Waals surface area contributed by atoms with Gasteiger partial charge in [0.05, 0.1) is 10.1 Å². The molecule has 1 aromatic carbocycles. The summed E-state index contributed by atoms with van der Waals surface area (Å²) in [4.78, 5) is 23.1. The highest BCUT2D eigenvalue weighted by molar-refractivity contribution is 7.14. The molecule has 0 bridgehead atoms. The lowest BCUT2D eigenvalue weighted by Gasteiger charge is -2.18. The van der Waals surface area contributed by atoms with Crippen LogP contribution in [-0.2, 0) is 10.3 Å². The van der Waals surface area contributed by atoms with Crippen LogP contribution in [0.1, 0.15) is 13.8 Å². The lowest BCUT2D eigenvalue weighted by molar-refractivity contribution is -0.145. The van der Waals surface area contributed by atoms with E-state index in [0.717, 1.165) is 4.70 Å². The smallest absolute Gasteiger partial charge is 0.330 e. The second-order valence-electron chi connectivity index (χ2n) is 4.05. The number of fused-ring (bicyclic) bond motifs is 1. The molecule has 1 N–H and O–H groups in total. The number of hydrogen-bond donors (Lipinski definition) is 1. The summed E-state index contributed by atoms with van der Waals surface area (Å²) in [5, 5.41) is 9.66. The fourth-order valence-corrected chi connectivity index (χ4v) is 2.50. The topological polar surface area (TPSA) is 59.3 Å². The molecule has 0 fully saturated rings. The van der Waals surface area contributed by atoms with E-state index in [2.05, 4.69) is 0 Å². The molecule has 0 aliphatic rings. The number of benzene rings is 1. The highest BCUT2D eigenvalue weighted by atomic mass is 32.1. The molecular formula is C11H11NO3S. The quantitative estimate of drug-likeness (QED) is 0.867. The third kappa shape index (κ3) is 1.44. The molecule has 2 aromatic rings. The van der Waals surface area contributed by atoms with E-state index >= 15 is 0 Å². The highest BCUT2D eigenvalue weighted by Gasteiger charge is 2.32. The van der Waals surface area contributed by atoms with Crippen molar-refractivity contribution in [2.75, 3.05) is 0 Å². The third-order valence-electron chi connectivity index (χ3n) is 2.52. The fourth-order valence-electron chi connectivity index (χ4n) is 1.43. The minimum Gasteiger partial charge on any atom is -0.479 e. The van der Waals surface area contributed by atoms with Crippen LogP contribution < -0.4 is 5.56 Å². The fraction of sp³-hybridized carbons (Fsp3) is 0.273. The first-order valence-corrected chi connectivity index (χ1v) is 5.57. The number of aromatic nitrogens is 1. The van der Waals surface area contributed by atoms with Gasteiger partial charge in [0.15, 0.2) is 0 Å². The van der Waals surface area contributed by atoms with Crippen molar-refractivity contribution in [1.82, 2.24) is 3.96 Å². The summed E-state index contributed by atoms with van der Waals surface area (Å²) in [6.07, 6.45) is 0. The molecule has 16 heavy (non-hydrogen) atoms. The number of aliphatic carboxylic acids is 1. The van der Waals surface area contributed by atoms with Crippen LogP contribution in [0.5, 0.6) is 0 Å². The Labute approximate surface area is 95.9 Å². The molecule has 1 heterocycles. The van der Waals surface area contributed by atoms with Crippen LogP contribution in [0.25, 0.3) is 10.1 Å². The second-order valence-corrected chi connectivity index (χ2v) is 5.04. The van der Waals surface area contributed by atoms with Gasteiger partial charge in [0, 0.05) is 0 Å². The Bertz CT molecular complexity index is 609. The summed E-state index contributed by atoms with van der Waals surface area (Å²) in [6, 6.07) is 7.13. The monoisotopic (exact) mass is 237 g/mol. The van der Waals surface area contributed by atoms with Gasteiger partial charge in [-0.2, -0.15) is 0 Å². The van der Waals surface area contributed by atoms with Crippen molar-refractivity contribution in [3.05, 3.63) is 34.6 Å². The van der Waals surface area contributed by atoms with Crippen molar-refractivity contribution in [3.8, 4) is 0 Å². The number of carbonyl (C=O) groups is 1. The van der Waals surface area contributed by atoms with Crippen molar-refractivity contribution in [1.29, 1.82) is 0 Å². The zero-order chi connectivity index (χ0) is 11.9. The molecule has 0 atom stereocenters. The number of rotatable bonds is 2. The van der Waals surface area contributed by atoms with Crippen molar-refractivity contribution < 1.29 is 9.90 Å². The predicted octanol–water partition coefficient (Wildman–Crippen LogP) is 1.88. The van der Waals surface area contributed by atoms with Gasteiger partial charge < -0.3 is 5.11 Å². The average molecular weight is 237 g/mol. The summed E-state index contributed by atoms with van der Waals surface area (Å²) in [6.45, 7) is 3.04. The number of nitrogens with zero attached hydrogens (tertiary/aromatic N) is 1. The van der Waals surface area contributed by atoms with Crippen LogP contribution in [0.3, 0.4) is 0 Å². The Morgan fingerprint density at radius 3 is 2.56 bits per heavy atom. The maximum absolute atomic E-state index is 12.0. The third-order valence-corrected chi connectivity index (χ3v) is 3.88. The summed E-state index contributed by atoms with van der Waals surface area (Å²) in [5.41, 5.74) is -1.45. The average Bonchev–Trinajstić information content (AvgIpc) is 2.57. The molecular weight excluding hydrogens is 226 g/mol. The van der Waals surface area contributed by atoms with E-state index in [1.54, 1.807) is 12.1 Å². The van der Waals surface area contributed by atoms with Gasteiger partial charge in [-0.3, -0.25) is 4.79 Å². The Hall–Kier alpha value is -1.62. The van der Waals surface area contributed by atoms with Gasteiger partial charge in [0.25, 0.3) is 5.56 Å². The molecule has 5 heteroatoms. The first kappa shape index (κ1) is 10.9. The molecule has 0 saturated carbocycles. The molecule has 1 aromatic heterocycles. The Balaban J connectivity index is 2.76. The first-order chi connectivity index (χ1) is 7.44. The van der Waals surface area contributed by atoms with Crippen molar-refractivity contribution in [2.45, 2.75) is 19.4 Å². The number of carboxylic acid groups (broad SMARTS) is 1. The maximum atomic E-state index is 12.0. The Morgan fingerprint density at radius 1 is 1.38 bits per heavy atom. The van der Waals surface area contributed by atoms with E-state index in [1.807, 2.05) is 12.1 Å². The molecule has 0 spiro atoms. The summed E-state index contributed by atoms with van der Waals surface area (Å²) in [5.74, 6) is -1.01. The van der Waals surface area contributed by atoms with E-state index < -0.39 is 11.5 Å². The van der Waals surface area contributed by atoms with E-state index in [1.165, 1.54) is 29.3 Å². The number of hydrogen-bond acceptors (Lipinski definition) is 3. The van der Waals surface area contributed by atoms with E-state index in [4.69, 9.17) is 5.11 Å². The van der Waals surface area contributed by atoms with Crippen molar-refractivity contribution >= 4 is 27.6 Å². The Kier molecular flexibility index (Phi) is 2.35. The highest BCUT2D eigenvalue weighted by Crippen LogP contribution is 2.23. The predicted molar refractivity (Wildman–Crippen MR) is 63.0 cm³/mol. The van der Waals surface area contributed by atoms with Crippen molar-refractivity contribution in [3.63, 3.8) is 0 Å². The number of carboxylic acids is 1. The molecule has 0 unspecified atom stereocenters. The lowest BCUT2D eigenvalue weighted by atomic mass is 10.1. The molecule has 0 amide bonds. The first-order valence-electron chi connectivity index (χ1n) is 4.79. The van der Waals surface area contributed by atoms with Gasteiger partial charge in [-0.25, -0.2) is 8.75 Å². The van der Waals surface area contributed by atoms with Crippen LogP contribution >= 0.6 is 11.5 Å². The summed E-state index contributed by atoms with van der Waals surface area (Å²) >= 11 is 1.18. The van der Waals surface area contributed by atoms with Crippen LogP contribution in [0, 0.1) is 0 Å². The molecule has 0 aliphatic heterocycles. The van der Waals surface area contributed by atoms with Gasteiger partial charge in [-0.05, 0) is 26.0 Å². The van der Waals surface area contributed by atoms with E-state index in [9.17, 15) is 9.59 Å². The standard InChI is InChI=1S/C11H11NO3S/c1-11(2,10(14)15)12-9(13)7-5-3-4-6-8(7)16-12/h3-6H,1-2H3,(H,14,15). The van der Waals surface area contributed by atoms with Crippen LogP contribution in [0.2, 0.25) is 0 Å². The van der Waals surface area contributed by atoms with Gasteiger partial charge >= 0.3 is 5.97 Å². The summed E-state index contributed by atoms with van der Waals surface area (Å²) in [7, 11) is 0. The Morgan fingerprint density at radius 2 is 2.00 bits per heavy atom. The van der Waals surface area contributed by atoms with Gasteiger partial charge in [-0.1, -0.05) is 23.7 Å². The lowest BCUT2D eigenvalue weighted by Crippen LogP contribution is -2.39. The minimum absolute atomic E-state index is 0.243. The van der Waals surface area contributed by atoms with Crippen molar-refractivity contribution in [2.24, 2.45) is 0 Å².